The largest absolute Gasteiger partial charge is 0.478 e. The fourth-order valence-electron chi connectivity index (χ4n) is 5.03. The summed E-state index contributed by atoms with van der Waals surface area (Å²) in [6.45, 7) is 2.69. The van der Waals surface area contributed by atoms with E-state index in [-0.39, 0.29) is 5.69 Å². The van der Waals surface area contributed by atoms with Crippen molar-refractivity contribution in [3.8, 4) is 0 Å². The molecule has 194 valence electrons. The van der Waals surface area contributed by atoms with E-state index in [9.17, 15) is 27.9 Å². The highest BCUT2D eigenvalue weighted by atomic mass is 32.2. The lowest BCUT2D eigenvalue weighted by Gasteiger charge is -2.39. The molecule has 1 amide bonds. The molecule has 0 aliphatic carbocycles. The molecule has 2 aliphatic rings. The standard InChI is InChI=1S/C28H24N2O7S/c1-28(2)23(27(34)37-22(17-11-5-3-6-12-17)18-13-7-4-8-14-18)30-24(31)21(25(30)38(28,35)36)20(26(32)33)19-15-9-10-16-29-19/h3-16,22-23,25H,1-2H3,(H,32,33)/b21-20+/t23-,25+/m0/s1. The van der Waals surface area contributed by atoms with E-state index < -0.39 is 61.1 Å². The number of hydrogen-bond donors (Lipinski definition) is 1. The van der Waals surface area contributed by atoms with Crippen molar-refractivity contribution in [3.05, 3.63) is 107 Å². The van der Waals surface area contributed by atoms with Crippen LogP contribution in [0.15, 0.2) is 90.6 Å². The number of sulfone groups is 1. The number of esters is 1. The maximum absolute atomic E-state index is 13.7. The van der Waals surface area contributed by atoms with E-state index in [2.05, 4.69) is 4.98 Å². The zero-order valence-corrected chi connectivity index (χ0v) is 21.3. The zero-order valence-electron chi connectivity index (χ0n) is 20.5. The highest BCUT2D eigenvalue weighted by molar-refractivity contribution is 7.94. The van der Waals surface area contributed by atoms with Crippen LogP contribution in [0.3, 0.4) is 0 Å². The van der Waals surface area contributed by atoms with Gasteiger partial charge in [-0.25, -0.2) is 18.0 Å². The number of nitrogens with zero attached hydrogens (tertiary/aromatic N) is 2. The van der Waals surface area contributed by atoms with Crippen molar-refractivity contribution in [2.45, 2.75) is 36.1 Å². The van der Waals surface area contributed by atoms with Crippen molar-refractivity contribution in [1.29, 1.82) is 0 Å². The van der Waals surface area contributed by atoms with E-state index in [1.165, 1.54) is 32.2 Å². The quantitative estimate of drug-likeness (QED) is 0.291. The third kappa shape index (κ3) is 3.79. The summed E-state index contributed by atoms with van der Waals surface area (Å²) in [5.74, 6) is -3.25. The van der Waals surface area contributed by atoms with Gasteiger partial charge in [-0.2, -0.15) is 0 Å². The lowest BCUT2D eigenvalue weighted by molar-refractivity contribution is -0.160. The van der Waals surface area contributed by atoms with Crippen molar-refractivity contribution < 1.29 is 32.6 Å². The van der Waals surface area contributed by atoms with Gasteiger partial charge < -0.3 is 14.7 Å². The Balaban J connectivity index is 1.57. The number of aliphatic carboxylic acids is 1. The van der Waals surface area contributed by atoms with Gasteiger partial charge in [0.25, 0.3) is 5.91 Å². The molecule has 3 aromatic rings. The number of carbonyl (C=O) groups is 3. The maximum Gasteiger partial charge on any atom is 0.338 e. The van der Waals surface area contributed by atoms with Gasteiger partial charge in [0, 0.05) is 6.20 Å². The molecule has 2 atom stereocenters. The normalized spacial score (nSPS) is 22.4. The van der Waals surface area contributed by atoms with Gasteiger partial charge in [-0.3, -0.25) is 9.78 Å². The van der Waals surface area contributed by atoms with Crippen LogP contribution < -0.4 is 0 Å². The van der Waals surface area contributed by atoms with Crippen LogP contribution in [0, 0.1) is 0 Å². The van der Waals surface area contributed by atoms with Crippen LogP contribution >= 0.6 is 0 Å². The van der Waals surface area contributed by atoms with Crippen LogP contribution in [-0.4, -0.2) is 57.4 Å². The second-order valence-electron chi connectivity index (χ2n) is 9.56. The van der Waals surface area contributed by atoms with Gasteiger partial charge in [-0.15, -0.1) is 0 Å². The second-order valence-corrected chi connectivity index (χ2v) is 12.2. The van der Waals surface area contributed by atoms with Crippen molar-refractivity contribution >= 4 is 33.3 Å². The van der Waals surface area contributed by atoms with Gasteiger partial charge in [0.05, 0.1) is 16.8 Å². The van der Waals surface area contributed by atoms with Gasteiger partial charge in [0.2, 0.25) is 0 Å². The molecule has 2 aliphatic heterocycles. The third-order valence-electron chi connectivity index (χ3n) is 6.99. The van der Waals surface area contributed by atoms with Gasteiger partial charge in [-0.05, 0) is 37.1 Å². The molecule has 2 fully saturated rings. The minimum atomic E-state index is -4.24. The summed E-state index contributed by atoms with van der Waals surface area (Å²) in [5, 5.41) is 8.28. The Morgan fingerprint density at radius 2 is 1.50 bits per heavy atom. The summed E-state index contributed by atoms with van der Waals surface area (Å²) in [5.41, 5.74) is 0.372. The molecule has 38 heavy (non-hydrogen) atoms. The summed E-state index contributed by atoms with van der Waals surface area (Å²) in [7, 11) is -4.24. The molecular formula is C28H24N2O7S. The van der Waals surface area contributed by atoms with Gasteiger partial charge in [-0.1, -0.05) is 66.7 Å². The molecule has 9 nitrogen and oxygen atoms in total. The van der Waals surface area contributed by atoms with Crippen LogP contribution in [-0.2, 0) is 29.0 Å². The van der Waals surface area contributed by atoms with E-state index in [1.807, 2.05) is 12.1 Å². The fraction of sp³-hybridized carbons (Fsp3) is 0.214. The van der Waals surface area contributed by atoms with E-state index in [1.54, 1.807) is 54.6 Å². The third-order valence-corrected chi connectivity index (χ3v) is 9.74. The molecule has 0 spiro atoms. The zero-order chi connectivity index (χ0) is 27.2. The molecule has 5 rings (SSSR count). The first kappa shape index (κ1) is 25.3. The predicted molar refractivity (Wildman–Crippen MR) is 137 cm³/mol. The number of aromatic nitrogens is 1. The average Bonchev–Trinajstić information content (AvgIpc) is 3.05. The molecule has 2 aromatic carbocycles. The SMILES string of the molecule is CC1(C)[C@H](C(=O)OC(c2ccccc2)c2ccccc2)N2C(=O)/C(=C(\C(=O)O)c3ccccn3)[C@H]2S1(=O)=O. The minimum absolute atomic E-state index is 0.0461. The Labute approximate surface area is 219 Å². The number of rotatable bonds is 6. The molecular weight excluding hydrogens is 508 g/mol. The average molecular weight is 533 g/mol. The molecule has 10 heteroatoms. The first-order valence-electron chi connectivity index (χ1n) is 11.8. The minimum Gasteiger partial charge on any atom is -0.478 e. The first-order valence-corrected chi connectivity index (χ1v) is 13.4. The number of pyridine rings is 1. The Morgan fingerprint density at radius 1 is 0.947 bits per heavy atom. The summed E-state index contributed by atoms with van der Waals surface area (Å²) >= 11 is 0. The van der Waals surface area contributed by atoms with Crippen LogP contribution in [0.2, 0.25) is 0 Å². The fourth-order valence-corrected chi connectivity index (χ4v) is 7.17. The van der Waals surface area contributed by atoms with Gasteiger partial charge >= 0.3 is 11.9 Å². The van der Waals surface area contributed by atoms with Crippen molar-refractivity contribution in [2.24, 2.45) is 0 Å². The molecule has 1 aromatic heterocycles. The van der Waals surface area contributed by atoms with Crippen LogP contribution in [0.25, 0.3) is 5.57 Å². The van der Waals surface area contributed by atoms with Crippen molar-refractivity contribution in [3.63, 3.8) is 0 Å². The number of β-lactam (4-membered cyclic amide) rings is 1. The number of hydrogen-bond acceptors (Lipinski definition) is 7. The Bertz CT molecular complexity index is 1510. The van der Waals surface area contributed by atoms with E-state index >= 15 is 0 Å². The van der Waals surface area contributed by atoms with E-state index in [4.69, 9.17) is 4.74 Å². The number of amides is 1. The number of fused-ring (bicyclic) bond motifs is 1. The molecule has 0 radical (unpaired) electrons. The molecule has 1 N–H and O–H groups in total. The predicted octanol–water partition coefficient (Wildman–Crippen LogP) is 3.00. The Kier molecular flexibility index (Phi) is 6.15. The highest BCUT2D eigenvalue weighted by Gasteiger charge is 2.71. The first-order chi connectivity index (χ1) is 18.1. The van der Waals surface area contributed by atoms with E-state index in [0.717, 1.165) is 4.90 Å². The summed E-state index contributed by atoms with van der Waals surface area (Å²) in [6.07, 6.45) is 0.497. The topological polar surface area (TPSA) is 131 Å². The van der Waals surface area contributed by atoms with Crippen LogP contribution in [0.1, 0.15) is 36.8 Å². The summed E-state index contributed by atoms with van der Waals surface area (Å²) in [4.78, 5) is 44.2. The van der Waals surface area contributed by atoms with Gasteiger partial charge in [0.1, 0.15) is 4.75 Å². The van der Waals surface area contributed by atoms with Crippen LogP contribution in [0.4, 0.5) is 0 Å². The summed E-state index contributed by atoms with van der Waals surface area (Å²) in [6, 6.07) is 20.9. The Hall–Kier alpha value is -4.31. The maximum atomic E-state index is 13.7. The number of ether oxygens (including phenoxy) is 1. The number of carbonyl (C=O) groups excluding carboxylic acids is 2. The van der Waals surface area contributed by atoms with Crippen LogP contribution in [0.5, 0.6) is 0 Å². The molecule has 2 saturated heterocycles. The Morgan fingerprint density at radius 3 is 2.00 bits per heavy atom. The van der Waals surface area contributed by atoms with Crippen molar-refractivity contribution in [2.75, 3.05) is 0 Å². The molecule has 0 saturated carbocycles. The monoisotopic (exact) mass is 532 g/mol. The number of carboxylic acid groups (broad SMARTS) is 1. The molecule has 0 bridgehead atoms. The van der Waals surface area contributed by atoms with Crippen molar-refractivity contribution in [1.82, 2.24) is 9.88 Å². The smallest absolute Gasteiger partial charge is 0.338 e. The summed E-state index contributed by atoms with van der Waals surface area (Å²) < 4.78 is 31.5. The molecule has 0 unspecified atom stereocenters. The van der Waals surface area contributed by atoms with E-state index in [0.29, 0.717) is 11.1 Å². The highest BCUT2D eigenvalue weighted by Crippen LogP contribution is 2.51. The number of benzene rings is 2. The molecule has 3 heterocycles. The van der Waals surface area contributed by atoms with Gasteiger partial charge in [0.15, 0.2) is 27.4 Å². The lowest BCUT2D eigenvalue weighted by atomic mass is 9.91. The second kappa shape index (κ2) is 9.21. The number of carboxylic acids is 1. The lowest BCUT2D eigenvalue weighted by Crippen LogP contribution is -2.59.